The molecule has 1 aromatic carbocycles. The molecule has 0 bridgehead atoms. The van der Waals surface area contributed by atoms with Gasteiger partial charge in [-0.3, -0.25) is 19.7 Å². The van der Waals surface area contributed by atoms with Gasteiger partial charge in [0.1, 0.15) is 0 Å². The summed E-state index contributed by atoms with van der Waals surface area (Å²) < 4.78 is 0. The molecule has 0 radical (unpaired) electrons. The fourth-order valence-corrected chi connectivity index (χ4v) is 5.47. The monoisotopic (exact) mass is 455 g/mol. The molecule has 1 aromatic heterocycles. The van der Waals surface area contributed by atoms with Gasteiger partial charge in [0.15, 0.2) is 0 Å². The molecule has 1 aliphatic carbocycles. The van der Waals surface area contributed by atoms with Crippen LogP contribution in [0.25, 0.3) is 16.5 Å². The predicted molar refractivity (Wildman–Crippen MR) is 133 cm³/mol. The van der Waals surface area contributed by atoms with Crippen LogP contribution < -0.4 is 5.32 Å². The lowest BCUT2D eigenvalue weighted by atomic mass is 9.81. The summed E-state index contributed by atoms with van der Waals surface area (Å²) >= 11 is 0. The third-order valence-corrected chi connectivity index (χ3v) is 7.21. The van der Waals surface area contributed by atoms with Crippen LogP contribution in [0.2, 0.25) is 0 Å². The van der Waals surface area contributed by atoms with Crippen molar-refractivity contribution in [1.82, 2.24) is 15.2 Å². The van der Waals surface area contributed by atoms with Crippen molar-refractivity contribution in [2.45, 2.75) is 38.5 Å². The van der Waals surface area contributed by atoms with E-state index < -0.39 is 0 Å². The summed E-state index contributed by atoms with van der Waals surface area (Å²) in [5, 5.41) is 3.44. The Bertz CT molecular complexity index is 1280. The highest BCUT2D eigenvalue weighted by Crippen LogP contribution is 2.38. The standard InChI is InChI=1S/C28H29N3O3/c1-2-24(32)31-14-6-5-8-18(13-15-31)19-9-7-10-20(16-19)25-26(28(34)30-27(25)33)22-17-29-23-12-4-3-11-21(22)23/h2-4,10-12,16-18,29H,1,5-9,13-15H2,(H,30,33,34). The molecule has 2 aliphatic heterocycles. The van der Waals surface area contributed by atoms with Gasteiger partial charge in [-0.1, -0.05) is 48.9 Å². The van der Waals surface area contributed by atoms with Crippen LogP contribution in [-0.4, -0.2) is 40.7 Å². The summed E-state index contributed by atoms with van der Waals surface area (Å²) in [7, 11) is 0. The van der Waals surface area contributed by atoms with Crippen LogP contribution in [0.4, 0.5) is 0 Å². The van der Waals surface area contributed by atoms with Crippen LogP contribution in [0.5, 0.6) is 0 Å². The number of hydrogen-bond donors (Lipinski definition) is 2. The molecular formula is C28H29N3O3. The van der Waals surface area contributed by atoms with E-state index >= 15 is 0 Å². The van der Waals surface area contributed by atoms with Crippen molar-refractivity contribution in [3.05, 3.63) is 77.6 Å². The molecule has 34 heavy (non-hydrogen) atoms. The number of amides is 3. The minimum absolute atomic E-state index is 0.00600. The maximum Gasteiger partial charge on any atom is 0.259 e. The van der Waals surface area contributed by atoms with Crippen LogP contribution in [-0.2, 0) is 14.4 Å². The summed E-state index contributed by atoms with van der Waals surface area (Å²) in [5.74, 6) is -0.333. The van der Waals surface area contributed by atoms with Gasteiger partial charge in [-0.05, 0) is 55.7 Å². The van der Waals surface area contributed by atoms with Crippen molar-refractivity contribution in [3.8, 4) is 0 Å². The molecule has 6 heteroatoms. The van der Waals surface area contributed by atoms with Gasteiger partial charge >= 0.3 is 0 Å². The van der Waals surface area contributed by atoms with E-state index in [2.05, 4.69) is 29.0 Å². The third kappa shape index (κ3) is 4.04. The number of H-pyrrole nitrogens is 1. The van der Waals surface area contributed by atoms with Gasteiger partial charge < -0.3 is 9.88 Å². The average molecular weight is 456 g/mol. The second-order valence-corrected chi connectivity index (χ2v) is 9.21. The molecule has 2 N–H and O–H groups in total. The van der Waals surface area contributed by atoms with E-state index in [0.29, 0.717) is 23.6 Å². The van der Waals surface area contributed by atoms with Gasteiger partial charge in [0, 0.05) is 35.8 Å². The zero-order valence-corrected chi connectivity index (χ0v) is 19.2. The third-order valence-electron chi connectivity index (χ3n) is 7.21. The van der Waals surface area contributed by atoms with Crippen LogP contribution in [0, 0.1) is 5.92 Å². The minimum atomic E-state index is -0.351. The second kappa shape index (κ2) is 9.29. The molecule has 1 saturated heterocycles. The zero-order chi connectivity index (χ0) is 23.7. The number of carbonyl (C=O) groups is 3. The highest BCUT2D eigenvalue weighted by atomic mass is 16.2. The molecule has 1 fully saturated rings. The van der Waals surface area contributed by atoms with E-state index in [9.17, 15) is 14.4 Å². The lowest BCUT2D eigenvalue weighted by Gasteiger charge is -2.30. The molecule has 2 aromatic rings. The summed E-state index contributed by atoms with van der Waals surface area (Å²) in [5.41, 5.74) is 4.71. The Hall–Kier alpha value is -3.67. The zero-order valence-electron chi connectivity index (χ0n) is 19.2. The van der Waals surface area contributed by atoms with Crippen molar-refractivity contribution < 1.29 is 14.4 Å². The molecule has 3 amide bonds. The first-order chi connectivity index (χ1) is 16.6. The Kier molecular flexibility index (Phi) is 6.05. The fraction of sp³-hybridized carbons (Fsp3) is 0.321. The Morgan fingerprint density at radius 3 is 2.74 bits per heavy atom. The number of aromatic nitrogens is 1. The molecule has 3 aliphatic rings. The Labute approximate surface area is 199 Å². The number of allylic oxidation sites excluding steroid dienone is 3. The van der Waals surface area contributed by atoms with Crippen LogP contribution in [0.3, 0.4) is 0 Å². The molecule has 0 spiro atoms. The smallest absolute Gasteiger partial charge is 0.259 e. The number of imide groups is 1. The summed E-state index contributed by atoms with van der Waals surface area (Å²) in [6.45, 7) is 5.13. The summed E-state index contributed by atoms with van der Waals surface area (Å²) in [4.78, 5) is 43.1. The molecular weight excluding hydrogens is 426 g/mol. The lowest BCUT2D eigenvalue weighted by molar-refractivity contribution is -0.126. The highest BCUT2D eigenvalue weighted by Gasteiger charge is 2.35. The Balaban J connectivity index is 1.49. The van der Waals surface area contributed by atoms with E-state index in [1.54, 1.807) is 0 Å². The maximum absolute atomic E-state index is 12.9. The molecule has 3 heterocycles. The maximum atomic E-state index is 12.9. The first kappa shape index (κ1) is 22.1. The SMILES string of the molecule is C=CC(=O)N1CCCCC(C2=CC(C3=C(c4c[nH]c5ccccc45)C(=O)NC3=O)=CCC2)CC1. The van der Waals surface area contributed by atoms with Gasteiger partial charge in [-0.25, -0.2) is 0 Å². The number of aromatic amines is 1. The van der Waals surface area contributed by atoms with Gasteiger partial charge in [0.25, 0.3) is 11.8 Å². The van der Waals surface area contributed by atoms with E-state index in [-0.39, 0.29) is 17.7 Å². The second-order valence-electron chi connectivity index (χ2n) is 9.21. The molecule has 1 atom stereocenters. The van der Waals surface area contributed by atoms with Crippen LogP contribution in [0.1, 0.15) is 44.1 Å². The topological polar surface area (TPSA) is 82.3 Å². The summed E-state index contributed by atoms with van der Waals surface area (Å²) in [6.07, 6.45) is 13.2. The van der Waals surface area contributed by atoms with Crippen molar-refractivity contribution >= 4 is 34.2 Å². The molecule has 1 unspecified atom stereocenters. The molecule has 174 valence electrons. The van der Waals surface area contributed by atoms with Gasteiger partial charge in [0.05, 0.1) is 11.1 Å². The number of fused-ring (bicyclic) bond motifs is 1. The Morgan fingerprint density at radius 2 is 1.88 bits per heavy atom. The lowest BCUT2D eigenvalue weighted by Crippen LogP contribution is -2.34. The van der Waals surface area contributed by atoms with Crippen LogP contribution in [0.15, 0.2) is 72.0 Å². The largest absolute Gasteiger partial charge is 0.361 e. The normalized spacial score (nSPS) is 21.6. The molecule has 6 nitrogen and oxygen atoms in total. The number of hydrogen-bond acceptors (Lipinski definition) is 3. The average Bonchev–Trinajstić information content (AvgIpc) is 3.38. The van der Waals surface area contributed by atoms with Gasteiger partial charge in [-0.15, -0.1) is 0 Å². The van der Waals surface area contributed by atoms with Crippen molar-refractivity contribution in [3.63, 3.8) is 0 Å². The number of carbonyl (C=O) groups excluding carboxylic acids is 3. The number of rotatable bonds is 4. The first-order valence-corrected chi connectivity index (χ1v) is 12.1. The number of benzene rings is 1. The number of nitrogens with one attached hydrogen (secondary N) is 2. The van der Waals surface area contributed by atoms with E-state index in [1.807, 2.05) is 35.4 Å². The van der Waals surface area contributed by atoms with E-state index in [0.717, 1.165) is 67.1 Å². The fourth-order valence-electron chi connectivity index (χ4n) is 5.47. The number of nitrogens with zero attached hydrogens (tertiary/aromatic N) is 1. The van der Waals surface area contributed by atoms with Crippen molar-refractivity contribution in [2.75, 3.05) is 13.1 Å². The van der Waals surface area contributed by atoms with E-state index in [1.165, 1.54) is 11.6 Å². The van der Waals surface area contributed by atoms with E-state index in [4.69, 9.17) is 0 Å². The number of para-hydroxylation sites is 1. The van der Waals surface area contributed by atoms with Crippen molar-refractivity contribution in [2.24, 2.45) is 5.92 Å². The summed E-state index contributed by atoms with van der Waals surface area (Å²) in [6, 6.07) is 7.79. The first-order valence-electron chi connectivity index (χ1n) is 12.1. The number of likely N-dealkylation sites (tertiary alicyclic amines) is 1. The quantitative estimate of drug-likeness (QED) is 0.529. The van der Waals surface area contributed by atoms with Crippen molar-refractivity contribution in [1.29, 1.82) is 0 Å². The highest BCUT2D eigenvalue weighted by molar-refractivity contribution is 6.39. The Morgan fingerprint density at radius 1 is 1.06 bits per heavy atom. The van der Waals surface area contributed by atoms with Crippen LogP contribution >= 0.6 is 0 Å². The van der Waals surface area contributed by atoms with Gasteiger partial charge in [0.2, 0.25) is 5.91 Å². The predicted octanol–water partition coefficient (Wildman–Crippen LogP) is 4.43. The minimum Gasteiger partial charge on any atom is -0.361 e. The molecule has 5 rings (SSSR count). The van der Waals surface area contributed by atoms with Gasteiger partial charge in [-0.2, -0.15) is 0 Å². The molecule has 0 saturated carbocycles.